The minimum absolute atomic E-state index is 0.0133. The lowest BCUT2D eigenvalue weighted by atomic mass is 10.2. The number of nitrogen functional groups attached to an aromatic ring is 1. The summed E-state index contributed by atoms with van der Waals surface area (Å²) in [5, 5.41) is 3.04. The van der Waals surface area contributed by atoms with Crippen LogP contribution < -0.4 is 15.8 Å². The first kappa shape index (κ1) is 16.5. The van der Waals surface area contributed by atoms with E-state index in [2.05, 4.69) is 5.32 Å². The smallest absolute Gasteiger partial charge is 0.389 e. The summed E-state index contributed by atoms with van der Waals surface area (Å²) in [7, 11) is 0. The number of hydrogen-bond acceptors (Lipinski definition) is 3. The van der Waals surface area contributed by atoms with Crippen LogP contribution in [-0.4, -0.2) is 18.8 Å². The maximum absolute atomic E-state index is 12.0. The Balaban J connectivity index is 2.44. The molecule has 114 valence electrons. The van der Waals surface area contributed by atoms with Crippen LogP contribution in [0.4, 0.5) is 24.5 Å². The van der Waals surface area contributed by atoms with Gasteiger partial charge in [-0.2, -0.15) is 13.2 Å². The summed E-state index contributed by atoms with van der Waals surface area (Å²) in [5.74, 6) is 0.584. The molecule has 0 saturated heterocycles. The van der Waals surface area contributed by atoms with Crippen LogP contribution in [0.2, 0.25) is 0 Å². The molecule has 3 nitrogen and oxygen atoms in total. The first-order chi connectivity index (χ1) is 9.29. The molecule has 0 amide bonds. The molecular formula is C14H21F3N2O. The van der Waals surface area contributed by atoms with Crippen molar-refractivity contribution in [2.75, 3.05) is 17.6 Å². The average molecular weight is 290 g/mol. The number of anilines is 2. The number of alkyl halides is 3. The molecule has 0 heterocycles. The van der Waals surface area contributed by atoms with E-state index < -0.39 is 12.6 Å². The van der Waals surface area contributed by atoms with Gasteiger partial charge in [0.25, 0.3) is 0 Å². The summed E-state index contributed by atoms with van der Waals surface area (Å²) in [6.45, 7) is 4.25. The van der Waals surface area contributed by atoms with Gasteiger partial charge in [0.1, 0.15) is 5.75 Å². The molecule has 0 saturated carbocycles. The predicted molar refractivity (Wildman–Crippen MR) is 75.0 cm³/mol. The van der Waals surface area contributed by atoms with Gasteiger partial charge in [0, 0.05) is 13.0 Å². The van der Waals surface area contributed by atoms with Crippen LogP contribution in [0.15, 0.2) is 18.2 Å². The van der Waals surface area contributed by atoms with Crippen LogP contribution in [0.3, 0.4) is 0 Å². The minimum Gasteiger partial charge on any atom is -0.489 e. The maximum Gasteiger partial charge on any atom is 0.389 e. The lowest BCUT2D eigenvalue weighted by molar-refractivity contribution is -0.135. The number of ether oxygens (including phenoxy) is 1. The fraction of sp³-hybridized carbons (Fsp3) is 0.571. The second kappa shape index (κ2) is 7.26. The van der Waals surface area contributed by atoms with E-state index in [4.69, 9.17) is 10.5 Å². The van der Waals surface area contributed by atoms with Crippen LogP contribution >= 0.6 is 0 Å². The molecule has 20 heavy (non-hydrogen) atoms. The Morgan fingerprint density at radius 3 is 2.55 bits per heavy atom. The van der Waals surface area contributed by atoms with Gasteiger partial charge < -0.3 is 15.8 Å². The van der Waals surface area contributed by atoms with Crippen molar-refractivity contribution in [3.8, 4) is 5.75 Å². The highest BCUT2D eigenvalue weighted by molar-refractivity contribution is 5.72. The first-order valence-electron chi connectivity index (χ1n) is 6.65. The lowest BCUT2D eigenvalue weighted by Gasteiger charge is -2.15. The van der Waals surface area contributed by atoms with Crippen LogP contribution in [0.1, 0.15) is 33.1 Å². The van der Waals surface area contributed by atoms with Gasteiger partial charge >= 0.3 is 6.18 Å². The minimum atomic E-state index is -4.08. The van der Waals surface area contributed by atoms with Crippen molar-refractivity contribution in [2.24, 2.45) is 0 Å². The molecule has 0 aromatic heterocycles. The second-order valence-electron chi connectivity index (χ2n) is 4.88. The van der Waals surface area contributed by atoms with Crippen LogP contribution in [0.5, 0.6) is 5.75 Å². The number of benzene rings is 1. The highest BCUT2D eigenvalue weighted by Crippen LogP contribution is 2.30. The van der Waals surface area contributed by atoms with E-state index in [-0.39, 0.29) is 12.5 Å². The van der Waals surface area contributed by atoms with Crippen molar-refractivity contribution in [2.45, 2.75) is 45.4 Å². The topological polar surface area (TPSA) is 47.3 Å². The SMILES string of the molecule is CC(C)Oc1cccc(NCCCCC(F)(F)F)c1N. The second-order valence-corrected chi connectivity index (χ2v) is 4.88. The molecule has 3 N–H and O–H groups in total. The predicted octanol–water partition coefficient (Wildman–Crippen LogP) is 4.20. The normalized spacial score (nSPS) is 11.7. The Hall–Kier alpha value is -1.59. The Bertz CT molecular complexity index is 419. The molecule has 0 aliphatic heterocycles. The van der Waals surface area contributed by atoms with Crippen molar-refractivity contribution >= 4 is 11.4 Å². The van der Waals surface area contributed by atoms with Gasteiger partial charge in [0.05, 0.1) is 17.5 Å². The molecule has 1 rings (SSSR count). The number of unbranched alkanes of at least 4 members (excludes halogenated alkanes) is 1. The van der Waals surface area contributed by atoms with Gasteiger partial charge in [-0.05, 0) is 38.8 Å². The molecule has 0 atom stereocenters. The molecule has 6 heteroatoms. The van der Waals surface area contributed by atoms with E-state index in [0.717, 1.165) is 0 Å². The molecule has 0 aliphatic carbocycles. The monoisotopic (exact) mass is 290 g/mol. The van der Waals surface area contributed by atoms with Crippen molar-refractivity contribution in [3.05, 3.63) is 18.2 Å². The Kier molecular flexibility index (Phi) is 5.98. The zero-order valence-electron chi connectivity index (χ0n) is 11.8. The zero-order chi connectivity index (χ0) is 15.2. The average Bonchev–Trinajstić information content (AvgIpc) is 2.31. The fourth-order valence-electron chi connectivity index (χ4n) is 1.73. The fourth-order valence-corrected chi connectivity index (χ4v) is 1.73. The Morgan fingerprint density at radius 1 is 1.25 bits per heavy atom. The molecule has 0 aliphatic rings. The van der Waals surface area contributed by atoms with Gasteiger partial charge in [0.2, 0.25) is 0 Å². The molecule has 0 unspecified atom stereocenters. The Labute approximate surface area is 117 Å². The number of para-hydroxylation sites is 1. The molecule has 0 spiro atoms. The molecule has 0 bridgehead atoms. The third-order valence-corrected chi connectivity index (χ3v) is 2.63. The summed E-state index contributed by atoms with van der Waals surface area (Å²) in [6, 6.07) is 5.35. The summed E-state index contributed by atoms with van der Waals surface area (Å²) < 4.78 is 41.5. The van der Waals surface area contributed by atoms with Gasteiger partial charge in [-0.25, -0.2) is 0 Å². The van der Waals surface area contributed by atoms with E-state index in [1.165, 1.54) is 0 Å². The van der Waals surface area contributed by atoms with Crippen molar-refractivity contribution in [3.63, 3.8) is 0 Å². The van der Waals surface area contributed by atoms with E-state index in [1.807, 2.05) is 13.8 Å². The van der Waals surface area contributed by atoms with E-state index in [1.54, 1.807) is 18.2 Å². The van der Waals surface area contributed by atoms with E-state index >= 15 is 0 Å². The molecule has 0 fully saturated rings. The summed E-state index contributed by atoms with van der Waals surface area (Å²) in [6.07, 6.45) is -4.27. The van der Waals surface area contributed by atoms with Crippen molar-refractivity contribution < 1.29 is 17.9 Å². The van der Waals surface area contributed by atoms with Crippen molar-refractivity contribution in [1.29, 1.82) is 0 Å². The third kappa shape index (κ3) is 6.04. The lowest BCUT2D eigenvalue weighted by Crippen LogP contribution is -2.11. The van der Waals surface area contributed by atoms with Crippen molar-refractivity contribution in [1.82, 2.24) is 0 Å². The molecule has 0 radical (unpaired) electrons. The number of halogens is 3. The molecule has 1 aromatic rings. The van der Waals surface area contributed by atoms with Crippen LogP contribution in [-0.2, 0) is 0 Å². The highest BCUT2D eigenvalue weighted by atomic mass is 19.4. The van der Waals surface area contributed by atoms with Gasteiger partial charge in [0.15, 0.2) is 0 Å². The number of nitrogens with one attached hydrogen (secondary N) is 1. The van der Waals surface area contributed by atoms with E-state index in [9.17, 15) is 13.2 Å². The van der Waals surface area contributed by atoms with Gasteiger partial charge in [-0.15, -0.1) is 0 Å². The number of nitrogens with two attached hydrogens (primary N) is 1. The van der Waals surface area contributed by atoms with Crippen LogP contribution in [0, 0.1) is 0 Å². The number of hydrogen-bond donors (Lipinski definition) is 2. The standard InChI is InChI=1S/C14H21F3N2O/c1-10(2)20-12-7-5-6-11(13(12)18)19-9-4-3-8-14(15,16)17/h5-7,10,19H,3-4,8-9,18H2,1-2H3. The summed E-state index contributed by atoms with van der Waals surface area (Å²) in [5.41, 5.74) is 7.12. The largest absolute Gasteiger partial charge is 0.489 e. The maximum atomic E-state index is 12.0. The quantitative estimate of drug-likeness (QED) is 0.584. The molecule has 1 aromatic carbocycles. The van der Waals surface area contributed by atoms with E-state index in [0.29, 0.717) is 30.1 Å². The first-order valence-corrected chi connectivity index (χ1v) is 6.65. The van der Waals surface area contributed by atoms with Gasteiger partial charge in [-0.3, -0.25) is 0 Å². The van der Waals surface area contributed by atoms with Gasteiger partial charge in [-0.1, -0.05) is 6.07 Å². The third-order valence-electron chi connectivity index (χ3n) is 2.63. The molecular weight excluding hydrogens is 269 g/mol. The zero-order valence-corrected chi connectivity index (χ0v) is 11.8. The summed E-state index contributed by atoms with van der Waals surface area (Å²) in [4.78, 5) is 0. The highest BCUT2D eigenvalue weighted by Gasteiger charge is 2.25. The summed E-state index contributed by atoms with van der Waals surface area (Å²) >= 11 is 0. The van der Waals surface area contributed by atoms with Crippen LogP contribution in [0.25, 0.3) is 0 Å². The Morgan fingerprint density at radius 2 is 1.95 bits per heavy atom. The number of rotatable bonds is 7.